The predicted molar refractivity (Wildman–Crippen MR) is 190 cm³/mol. The minimum atomic E-state index is 0.979. The smallest absolute Gasteiger partial charge is 0.0722 e. The number of fused-ring (bicyclic) bond motifs is 6. The second-order valence-electron chi connectivity index (χ2n) is 11.6. The van der Waals surface area contributed by atoms with Crippen LogP contribution in [0.25, 0.3) is 82.7 Å². The molecular weight excluding hydrogens is 544 g/mol. The quantitative estimate of drug-likeness (QED) is 0.192. The summed E-state index contributed by atoms with van der Waals surface area (Å²) in [6, 6.07) is 60.9. The second kappa shape index (κ2) is 10.3. The highest BCUT2D eigenvalue weighted by Gasteiger charge is 2.15. The summed E-state index contributed by atoms with van der Waals surface area (Å²) in [5, 5.41) is 6.16. The van der Waals surface area contributed by atoms with Crippen LogP contribution in [0.3, 0.4) is 0 Å². The Hall–Kier alpha value is -5.99. The van der Waals surface area contributed by atoms with E-state index in [2.05, 4.69) is 174 Å². The van der Waals surface area contributed by atoms with Crippen LogP contribution in [0.5, 0.6) is 0 Å². The molecule has 0 amide bonds. The summed E-state index contributed by atoms with van der Waals surface area (Å²) in [5.74, 6) is 0. The van der Waals surface area contributed by atoms with Crippen LogP contribution >= 0.6 is 0 Å². The van der Waals surface area contributed by atoms with E-state index in [4.69, 9.17) is 4.98 Å². The van der Waals surface area contributed by atoms with E-state index in [1.165, 1.54) is 60.2 Å². The summed E-state index contributed by atoms with van der Waals surface area (Å²) in [4.78, 5) is 5.15. The van der Waals surface area contributed by atoms with Gasteiger partial charge >= 0.3 is 0 Å². The van der Waals surface area contributed by atoms with Crippen LogP contribution in [0.4, 0.5) is 0 Å². The van der Waals surface area contributed by atoms with E-state index in [1.807, 2.05) is 0 Å². The topological polar surface area (TPSA) is 17.8 Å². The van der Waals surface area contributed by atoms with Crippen LogP contribution in [0.15, 0.2) is 170 Å². The molecule has 9 rings (SSSR count). The Morgan fingerprint density at radius 2 is 1.00 bits per heavy atom. The number of aromatic nitrogens is 2. The van der Waals surface area contributed by atoms with Gasteiger partial charge in [0.25, 0.3) is 0 Å². The molecule has 0 aliphatic carbocycles. The molecule has 0 atom stereocenters. The van der Waals surface area contributed by atoms with Gasteiger partial charge < -0.3 is 4.57 Å². The molecule has 0 saturated carbocycles. The monoisotopic (exact) mass is 572 g/mol. The number of hydrogen-bond acceptors (Lipinski definition) is 1. The fourth-order valence-electron chi connectivity index (χ4n) is 6.88. The Balaban J connectivity index is 1.24. The fraction of sp³-hybridized carbons (Fsp3) is 0. The molecule has 0 saturated heterocycles. The molecule has 0 aliphatic heterocycles. The highest BCUT2D eigenvalue weighted by atomic mass is 15.0. The van der Waals surface area contributed by atoms with Crippen molar-refractivity contribution in [2.45, 2.75) is 0 Å². The maximum atomic E-state index is 5.15. The molecule has 0 aliphatic rings. The van der Waals surface area contributed by atoms with Gasteiger partial charge in [-0.05, 0) is 75.5 Å². The molecule has 2 aromatic heterocycles. The molecular formula is C43H28N2. The first-order chi connectivity index (χ1) is 22.3. The summed E-state index contributed by atoms with van der Waals surface area (Å²) < 4.78 is 2.38. The molecule has 210 valence electrons. The van der Waals surface area contributed by atoms with E-state index in [0.717, 1.165) is 22.5 Å². The SMILES string of the molecule is c1ccc(-c2cc(-c3cccc(-c4cccc(-n5c6ccccc6c6ccccc65)c4)c3)c3c(ccc4ccccc43)n2)cc1. The van der Waals surface area contributed by atoms with Crippen molar-refractivity contribution in [1.29, 1.82) is 0 Å². The van der Waals surface area contributed by atoms with Gasteiger partial charge in [0.1, 0.15) is 0 Å². The summed E-state index contributed by atoms with van der Waals surface area (Å²) >= 11 is 0. The lowest BCUT2D eigenvalue weighted by Crippen LogP contribution is -1.94. The van der Waals surface area contributed by atoms with Crippen molar-refractivity contribution >= 4 is 43.5 Å². The van der Waals surface area contributed by atoms with Crippen LogP contribution < -0.4 is 0 Å². The van der Waals surface area contributed by atoms with Gasteiger partial charge in [-0.1, -0.05) is 127 Å². The average Bonchev–Trinajstić information content (AvgIpc) is 3.46. The van der Waals surface area contributed by atoms with Crippen molar-refractivity contribution in [3.8, 4) is 39.2 Å². The lowest BCUT2D eigenvalue weighted by atomic mass is 9.92. The van der Waals surface area contributed by atoms with Gasteiger partial charge in [0.05, 0.1) is 22.2 Å². The van der Waals surface area contributed by atoms with Crippen molar-refractivity contribution in [3.05, 3.63) is 170 Å². The van der Waals surface area contributed by atoms with Crippen molar-refractivity contribution in [2.24, 2.45) is 0 Å². The molecule has 2 nitrogen and oxygen atoms in total. The predicted octanol–water partition coefficient (Wildman–Crippen LogP) is 11.5. The summed E-state index contributed by atoms with van der Waals surface area (Å²) in [6.07, 6.45) is 0. The third-order valence-electron chi connectivity index (χ3n) is 8.96. The zero-order valence-corrected chi connectivity index (χ0v) is 24.6. The largest absolute Gasteiger partial charge is 0.309 e. The number of hydrogen-bond donors (Lipinski definition) is 0. The van der Waals surface area contributed by atoms with E-state index in [-0.39, 0.29) is 0 Å². The van der Waals surface area contributed by atoms with E-state index in [0.29, 0.717) is 0 Å². The molecule has 0 unspecified atom stereocenters. The highest BCUT2D eigenvalue weighted by molar-refractivity contribution is 6.14. The third kappa shape index (κ3) is 4.22. The summed E-state index contributed by atoms with van der Waals surface area (Å²) in [7, 11) is 0. The molecule has 45 heavy (non-hydrogen) atoms. The van der Waals surface area contributed by atoms with Gasteiger partial charge in [-0.3, -0.25) is 0 Å². The number of para-hydroxylation sites is 2. The van der Waals surface area contributed by atoms with E-state index >= 15 is 0 Å². The third-order valence-corrected chi connectivity index (χ3v) is 8.96. The summed E-state index contributed by atoms with van der Waals surface area (Å²) in [5.41, 5.74) is 11.4. The van der Waals surface area contributed by atoms with Crippen LogP contribution in [-0.2, 0) is 0 Å². The van der Waals surface area contributed by atoms with Gasteiger partial charge in [-0.15, -0.1) is 0 Å². The van der Waals surface area contributed by atoms with Crippen molar-refractivity contribution in [1.82, 2.24) is 9.55 Å². The maximum absolute atomic E-state index is 5.15. The maximum Gasteiger partial charge on any atom is 0.0722 e. The van der Waals surface area contributed by atoms with Crippen molar-refractivity contribution in [2.75, 3.05) is 0 Å². The van der Waals surface area contributed by atoms with E-state index < -0.39 is 0 Å². The molecule has 0 fully saturated rings. The minimum Gasteiger partial charge on any atom is -0.309 e. The zero-order valence-electron chi connectivity index (χ0n) is 24.6. The van der Waals surface area contributed by atoms with Crippen molar-refractivity contribution < 1.29 is 0 Å². The van der Waals surface area contributed by atoms with Crippen LogP contribution in [0.2, 0.25) is 0 Å². The van der Waals surface area contributed by atoms with Gasteiger partial charge in [0.2, 0.25) is 0 Å². The Bertz CT molecular complexity index is 2490. The lowest BCUT2D eigenvalue weighted by Gasteiger charge is -2.14. The minimum absolute atomic E-state index is 0.979. The first-order valence-electron chi connectivity index (χ1n) is 15.4. The lowest BCUT2D eigenvalue weighted by molar-refractivity contribution is 1.18. The number of rotatable bonds is 4. The Labute approximate surface area is 261 Å². The summed E-state index contributed by atoms with van der Waals surface area (Å²) in [6.45, 7) is 0. The zero-order chi connectivity index (χ0) is 29.7. The normalized spacial score (nSPS) is 11.6. The first kappa shape index (κ1) is 25.5. The Morgan fingerprint density at radius 3 is 1.78 bits per heavy atom. The molecule has 2 heteroatoms. The van der Waals surface area contributed by atoms with Gasteiger partial charge in [-0.25, -0.2) is 4.98 Å². The van der Waals surface area contributed by atoms with Gasteiger partial charge in [0.15, 0.2) is 0 Å². The van der Waals surface area contributed by atoms with Crippen LogP contribution in [-0.4, -0.2) is 9.55 Å². The Morgan fingerprint density at radius 1 is 0.400 bits per heavy atom. The molecule has 9 aromatic rings. The fourth-order valence-corrected chi connectivity index (χ4v) is 6.88. The molecule has 0 bridgehead atoms. The average molecular weight is 573 g/mol. The van der Waals surface area contributed by atoms with Crippen LogP contribution in [0, 0.1) is 0 Å². The Kier molecular flexibility index (Phi) is 5.85. The molecule has 2 heterocycles. The van der Waals surface area contributed by atoms with Crippen LogP contribution in [0.1, 0.15) is 0 Å². The highest BCUT2D eigenvalue weighted by Crippen LogP contribution is 2.38. The van der Waals surface area contributed by atoms with Crippen molar-refractivity contribution in [3.63, 3.8) is 0 Å². The molecule has 0 spiro atoms. The standard InChI is InChI=1S/C43H28N2/c1-2-13-30(14-3-1)40-28-38(43-35-19-5-4-12-29(35)24-25-39(43)44-40)33-17-10-15-31(26-33)32-16-11-18-34(27-32)45-41-22-8-6-20-36(41)37-21-7-9-23-42(37)45/h1-28H. The van der Waals surface area contributed by atoms with E-state index in [9.17, 15) is 0 Å². The first-order valence-corrected chi connectivity index (χ1v) is 15.4. The van der Waals surface area contributed by atoms with Gasteiger partial charge in [0, 0.05) is 27.4 Å². The number of nitrogens with zero attached hydrogens (tertiary/aromatic N) is 2. The molecule has 0 N–H and O–H groups in total. The number of pyridine rings is 1. The molecule has 0 radical (unpaired) electrons. The van der Waals surface area contributed by atoms with E-state index in [1.54, 1.807) is 0 Å². The molecule has 7 aromatic carbocycles. The second-order valence-corrected chi connectivity index (χ2v) is 11.6. The van der Waals surface area contributed by atoms with Gasteiger partial charge in [-0.2, -0.15) is 0 Å². The number of benzene rings is 7.